The Hall–Kier alpha value is -2.15. The highest BCUT2D eigenvalue weighted by molar-refractivity contribution is 7.91. The SMILES string of the molecule is CCS(=O)(=O)c1ccccc1NC(=O)CCc1c(C)nn(CC(C)C)c1C. The summed E-state index contributed by atoms with van der Waals surface area (Å²) in [5.74, 6) is 0.285. The Balaban J connectivity index is 2.10. The van der Waals surface area contributed by atoms with Crippen molar-refractivity contribution in [2.75, 3.05) is 11.1 Å². The maximum Gasteiger partial charge on any atom is 0.224 e. The van der Waals surface area contributed by atoms with Gasteiger partial charge in [-0.2, -0.15) is 5.10 Å². The fraction of sp³-hybridized carbons (Fsp3) is 0.500. The fourth-order valence-electron chi connectivity index (χ4n) is 3.07. The second kappa shape index (κ2) is 8.69. The minimum atomic E-state index is -3.39. The lowest BCUT2D eigenvalue weighted by atomic mass is 10.1. The zero-order valence-corrected chi connectivity index (χ0v) is 17.6. The third-order valence-electron chi connectivity index (χ3n) is 4.55. The summed E-state index contributed by atoms with van der Waals surface area (Å²) in [7, 11) is -3.39. The molecule has 2 rings (SSSR count). The van der Waals surface area contributed by atoms with Crippen molar-refractivity contribution in [2.24, 2.45) is 5.92 Å². The average Bonchev–Trinajstić information content (AvgIpc) is 2.86. The molecule has 148 valence electrons. The molecular formula is C20H29N3O3S. The molecule has 0 aliphatic rings. The van der Waals surface area contributed by atoms with Crippen LogP contribution in [0.3, 0.4) is 0 Å². The van der Waals surface area contributed by atoms with E-state index in [1.807, 2.05) is 18.5 Å². The van der Waals surface area contributed by atoms with Gasteiger partial charge in [-0.25, -0.2) is 8.42 Å². The van der Waals surface area contributed by atoms with Crippen molar-refractivity contribution in [3.63, 3.8) is 0 Å². The number of carbonyl (C=O) groups excluding carboxylic acids is 1. The van der Waals surface area contributed by atoms with E-state index in [1.165, 1.54) is 6.07 Å². The van der Waals surface area contributed by atoms with E-state index in [0.717, 1.165) is 23.5 Å². The summed E-state index contributed by atoms with van der Waals surface area (Å²) in [6.45, 7) is 10.7. The maximum atomic E-state index is 12.4. The first-order valence-corrected chi connectivity index (χ1v) is 11.0. The monoisotopic (exact) mass is 391 g/mol. The number of benzene rings is 1. The lowest BCUT2D eigenvalue weighted by molar-refractivity contribution is -0.116. The number of aromatic nitrogens is 2. The Labute approximate surface area is 161 Å². The molecule has 0 aliphatic carbocycles. The van der Waals surface area contributed by atoms with Crippen LogP contribution in [-0.4, -0.2) is 29.9 Å². The molecule has 7 heteroatoms. The van der Waals surface area contributed by atoms with Crippen LogP contribution >= 0.6 is 0 Å². The molecule has 0 aliphatic heterocycles. The predicted molar refractivity (Wildman–Crippen MR) is 108 cm³/mol. The van der Waals surface area contributed by atoms with Crippen LogP contribution in [0.2, 0.25) is 0 Å². The third kappa shape index (κ3) is 5.19. The van der Waals surface area contributed by atoms with Gasteiger partial charge in [-0.15, -0.1) is 0 Å². The van der Waals surface area contributed by atoms with Gasteiger partial charge >= 0.3 is 0 Å². The first-order chi connectivity index (χ1) is 12.7. The van der Waals surface area contributed by atoms with Crippen LogP contribution in [0, 0.1) is 19.8 Å². The highest BCUT2D eigenvalue weighted by Gasteiger charge is 2.18. The van der Waals surface area contributed by atoms with E-state index in [9.17, 15) is 13.2 Å². The molecule has 0 unspecified atom stereocenters. The molecule has 1 N–H and O–H groups in total. The number of para-hydroxylation sites is 1. The number of aryl methyl sites for hydroxylation is 1. The smallest absolute Gasteiger partial charge is 0.224 e. The Morgan fingerprint density at radius 1 is 1.22 bits per heavy atom. The molecule has 1 heterocycles. The predicted octanol–water partition coefficient (Wildman–Crippen LogP) is 3.52. The molecule has 0 atom stereocenters. The quantitative estimate of drug-likeness (QED) is 0.746. The van der Waals surface area contributed by atoms with Crippen molar-refractivity contribution in [3.8, 4) is 0 Å². The number of hydrogen-bond acceptors (Lipinski definition) is 4. The van der Waals surface area contributed by atoms with E-state index in [1.54, 1.807) is 25.1 Å². The van der Waals surface area contributed by atoms with Crippen molar-refractivity contribution < 1.29 is 13.2 Å². The molecule has 1 aromatic carbocycles. The van der Waals surface area contributed by atoms with Gasteiger partial charge in [0.2, 0.25) is 5.91 Å². The summed E-state index contributed by atoms with van der Waals surface area (Å²) >= 11 is 0. The van der Waals surface area contributed by atoms with Crippen molar-refractivity contribution in [3.05, 3.63) is 41.2 Å². The van der Waals surface area contributed by atoms with Crippen LogP contribution in [0.15, 0.2) is 29.2 Å². The second-order valence-corrected chi connectivity index (χ2v) is 9.42. The van der Waals surface area contributed by atoms with Crippen LogP contribution in [0.5, 0.6) is 0 Å². The van der Waals surface area contributed by atoms with E-state index < -0.39 is 9.84 Å². The normalized spacial score (nSPS) is 11.8. The Morgan fingerprint density at radius 3 is 2.52 bits per heavy atom. The lowest BCUT2D eigenvalue weighted by Crippen LogP contribution is -2.16. The number of nitrogens with zero attached hydrogens (tertiary/aromatic N) is 2. The molecule has 0 saturated heterocycles. The van der Waals surface area contributed by atoms with Crippen LogP contribution in [0.1, 0.15) is 44.1 Å². The lowest BCUT2D eigenvalue weighted by Gasteiger charge is -2.11. The average molecular weight is 392 g/mol. The van der Waals surface area contributed by atoms with Gasteiger partial charge in [-0.05, 0) is 43.9 Å². The number of sulfone groups is 1. The fourth-order valence-corrected chi connectivity index (χ4v) is 4.12. The van der Waals surface area contributed by atoms with Gasteiger partial charge in [0.25, 0.3) is 0 Å². The molecule has 27 heavy (non-hydrogen) atoms. The molecule has 0 bridgehead atoms. The first kappa shape index (κ1) is 21.2. The number of anilines is 1. The molecule has 2 aromatic rings. The Kier molecular flexibility index (Phi) is 6.81. The van der Waals surface area contributed by atoms with Gasteiger partial charge in [0, 0.05) is 18.7 Å². The number of rotatable bonds is 8. The van der Waals surface area contributed by atoms with Gasteiger partial charge in [0.05, 0.1) is 22.0 Å². The summed E-state index contributed by atoms with van der Waals surface area (Å²) in [6.07, 6.45) is 0.847. The minimum Gasteiger partial charge on any atom is -0.325 e. The van der Waals surface area contributed by atoms with Crippen LogP contribution in [-0.2, 0) is 27.6 Å². The molecule has 0 radical (unpaired) electrons. The maximum absolute atomic E-state index is 12.4. The van der Waals surface area contributed by atoms with Crippen molar-refractivity contribution in [2.45, 2.75) is 58.9 Å². The van der Waals surface area contributed by atoms with Crippen LogP contribution < -0.4 is 5.32 Å². The number of hydrogen-bond donors (Lipinski definition) is 1. The first-order valence-electron chi connectivity index (χ1n) is 9.30. The van der Waals surface area contributed by atoms with E-state index in [2.05, 4.69) is 24.3 Å². The zero-order chi connectivity index (χ0) is 20.2. The zero-order valence-electron chi connectivity index (χ0n) is 16.7. The van der Waals surface area contributed by atoms with Crippen molar-refractivity contribution in [1.82, 2.24) is 9.78 Å². The summed E-state index contributed by atoms with van der Waals surface area (Å²) in [5.41, 5.74) is 3.45. The van der Waals surface area contributed by atoms with Crippen molar-refractivity contribution in [1.29, 1.82) is 0 Å². The molecule has 0 spiro atoms. The molecule has 0 fully saturated rings. The van der Waals surface area contributed by atoms with E-state index >= 15 is 0 Å². The standard InChI is InChI=1S/C20H29N3O3S/c1-6-27(25,26)19-10-8-7-9-18(19)21-20(24)12-11-17-15(4)22-23(16(17)5)13-14(2)3/h7-10,14H,6,11-13H2,1-5H3,(H,21,24). The van der Waals surface area contributed by atoms with Gasteiger partial charge in [0.15, 0.2) is 9.84 Å². The second-order valence-electron chi connectivity index (χ2n) is 7.17. The number of carbonyl (C=O) groups is 1. The van der Waals surface area contributed by atoms with Gasteiger partial charge in [-0.1, -0.05) is 32.9 Å². The summed E-state index contributed by atoms with van der Waals surface area (Å²) in [6, 6.07) is 6.53. The molecule has 0 saturated carbocycles. The van der Waals surface area contributed by atoms with E-state index in [-0.39, 0.29) is 23.0 Å². The van der Waals surface area contributed by atoms with Crippen molar-refractivity contribution >= 4 is 21.4 Å². The third-order valence-corrected chi connectivity index (χ3v) is 6.33. The highest BCUT2D eigenvalue weighted by Crippen LogP contribution is 2.23. The summed E-state index contributed by atoms with van der Waals surface area (Å²) in [5, 5.41) is 7.33. The largest absolute Gasteiger partial charge is 0.325 e. The summed E-state index contributed by atoms with van der Waals surface area (Å²) in [4.78, 5) is 12.6. The Morgan fingerprint density at radius 2 is 1.89 bits per heavy atom. The molecule has 1 aromatic heterocycles. The molecule has 1 amide bonds. The molecule has 6 nitrogen and oxygen atoms in total. The van der Waals surface area contributed by atoms with Gasteiger partial charge < -0.3 is 5.32 Å². The van der Waals surface area contributed by atoms with Gasteiger partial charge in [0.1, 0.15) is 0 Å². The van der Waals surface area contributed by atoms with E-state index in [4.69, 9.17) is 0 Å². The number of amides is 1. The molecular weight excluding hydrogens is 362 g/mol. The van der Waals surface area contributed by atoms with Crippen LogP contribution in [0.25, 0.3) is 0 Å². The van der Waals surface area contributed by atoms with Crippen LogP contribution in [0.4, 0.5) is 5.69 Å². The minimum absolute atomic E-state index is 0.00664. The highest BCUT2D eigenvalue weighted by atomic mass is 32.2. The van der Waals surface area contributed by atoms with Gasteiger partial charge in [-0.3, -0.25) is 9.48 Å². The van der Waals surface area contributed by atoms with E-state index in [0.29, 0.717) is 18.0 Å². The topological polar surface area (TPSA) is 81.1 Å². The number of nitrogens with one attached hydrogen (secondary N) is 1. The Bertz CT molecular complexity index is 915. The summed E-state index contributed by atoms with van der Waals surface area (Å²) < 4.78 is 26.4.